The Morgan fingerprint density at radius 1 is 0.912 bits per heavy atom. The molecule has 0 saturated heterocycles. The van der Waals surface area contributed by atoms with E-state index in [4.69, 9.17) is 14.7 Å². The van der Waals surface area contributed by atoms with Gasteiger partial charge in [0.1, 0.15) is 5.75 Å². The first-order valence-electron chi connectivity index (χ1n) is 10.3. The number of ether oxygens (including phenoxy) is 2. The molecule has 0 heterocycles. The van der Waals surface area contributed by atoms with Gasteiger partial charge in [0, 0.05) is 16.7 Å². The van der Waals surface area contributed by atoms with Gasteiger partial charge in [0.2, 0.25) is 0 Å². The highest BCUT2D eigenvalue weighted by molar-refractivity contribution is 6.30. The van der Waals surface area contributed by atoms with Gasteiger partial charge in [-0.2, -0.15) is 5.26 Å². The summed E-state index contributed by atoms with van der Waals surface area (Å²) in [4.78, 5) is 50.6. The molecule has 1 amide bonds. The van der Waals surface area contributed by atoms with Crippen LogP contribution in [0.3, 0.4) is 0 Å². The fourth-order valence-electron chi connectivity index (χ4n) is 3.54. The summed E-state index contributed by atoms with van der Waals surface area (Å²) in [5.41, 5.74) is 1.48. The number of nitrogens with zero attached hydrogens (tertiary/aromatic N) is 1. The summed E-state index contributed by atoms with van der Waals surface area (Å²) in [5, 5.41) is 11.4. The van der Waals surface area contributed by atoms with Crippen molar-refractivity contribution in [2.24, 2.45) is 0 Å². The first kappa shape index (κ1) is 22.4. The number of carbonyl (C=O) groups excluding carboxylic acids is 4. The minimum Gasteiger partial charge on any atom is -0.482 e. The number of nitrogens with one attached hydrogen (secondary N) is 1. The molecule has 168 valence electrons. The SMILES string of the molecule is C[C@@H](OC(=O)COc1ccc(C#N)cc1)C(=O)Nc1cccc2c1C(=O)c1ccccc1C2=O. The Bertz CT molecular complexity index is 1350. The predicted octanol–water partition coefficient (Wildman–Crippen LogP) is 3.28. The standard InChI is InChI=1S/C26H18N2O6/c1-15(34-22(29)14-33-17-11-9-16(13-27)10-12-17)26(32)28-21-8-4-7-20-23(21)25(31)19-6-3-2-5-18(19)24(20)30/h2-12,15H,14H2,1H3,(H,28,32)/t15-/m1/s1. The molecule has 1 atom stereocenters. The number of carbonyl (C=O) groups is 4. The molecule has 8 heteroatoms. The molecule has 1 aliphatic rings. The molecule has 0 spiro atoms. The number of fused-ring (bicyclic) bond motifs is 2. The molecule has 0 unspecified atom stereocenters. The second-order valence-electron chi connectivity index (χ2n) is 7.48. The summed E-state index contributed by atoms with van der Waals surface area (Å²) >= 11 is 0. The highest BCUT2D eigenvalue weighted by atomic mass is 16.6. The molecule has 0 aliphatic heterocycles. The van der Waals surface area contributed by atoms with Gasteiger partial charge in [0.25, 0.3) is 5.91 Å². The number of esters is 1. The molecule has 0 fully saturated rings. The number of anilines is 1. The van der Waals surface area contributed by atoms with Gasteiger partial charge in [-0.1, -0.05) is 36.4 Å². The van der Waals surface area contributed by atoms with E-state index in [9.17, 15) is 19.2 Å². The second-order valence-corrected chi connectivity index (χ2v) is 7.48. The average molecular weight is 454 g/mol. The van der Waals surface area contributed by atoms with Crippen LogP contribution in [-0.4, -0.2) is 36.2 Å². The Labute approximate surface area is 194 Å². The van der Waals surface area contributed by atoms with E-state index in [2.05, 4.69) is 5.32 Å². The van der Waals surface area contributed by atoms with Crippen molar-refractivity contribution in [3.63, 3.8) is 0 Å². The summed E-state index contributed by atoms with van der Waals surface area (Å²) in [5.74, 6) is -1.75. The molecule has 0 saturated carbocycles. The monoisotopic (exact) mass is 454 g/mol. The number of ketones is 2. The lowest BCUT2D eigenvalue weighted by Crippen LogP contribution is -2.32. The van der Waals surface area contributed by atoms with Crippen LogP contribution in [0.5, 0.6) is 5.75 Å². The molecule has 3 aromatic rings. The molecule has 0 radical (unpaired) electrons. The first-order valence-corrected chi connectivity index (χ1v) is 10.3. The van der Waals surface area contributed by atoms with Crippen LogP contribution in [0.25, 0.3) is 0 Å². The number of hydrogen-bond acceptors (Lipinski definition) is 7. The third-order valence-electron chi connectivity index (χ3n) is 5.23. The molecule has 0 aromatic heterocycles. The fourth-order valence-corrected chi connectivity index (χ4v) is 3.54. The van der Waals surface area contributed by atoms with Crippen molar-refractivity contribution in [1.29, 1.82) is 5.26 Å². The van der Waals surface area contributed by atoms with Crippen LogP contribution in [0.15, 0.2) is 66.7 Å². The van der Waals surface area contributed by atoms with Gasteiger partial charge < -0.3 is 14.8 Å². The largest absolute Gasteiger partial charge is 0.482 e. The minimum absolute atomic E-state index is 0.0993. The Balaban J connectivity index is 1.42. The fraction of sp³-hybridized carbons (Fsp3) is 0.115. The van der Waals surface area contributed by atoms with Crippen LogP contribution in [0.1, 0.15) is 44.3 Å². The van der Waals surface area contributed by atoms with E-state index < -0.39 is 24.6 Å². The zero-order valence-electron chi connectivity index (χ0n) is 18.0. The van der Waals surface area contributed by atoms with E-state index in [1.165, 1.54) is 31.2 Å². The summed E-state index contributed by atoms with van der Waals surface area (Å²) in [6, 6.07) is 19.2. The highest BCUT2D eigenvalue weighted by Crippen LogP contribution is 2.32. The Kier molecular flexibility index (Phi) is 6.19. The first-order chi connectivity index (χ1) is 16.4. The maximum absolute atomic E-state index is 13.0. The lowest BCUT2D eigenvalue weighted by atomic mass is 9.83. The minimum atomic E-state index is -1.19. The van der Waals surface area contributed by atoms with Gasteiger partial charge in [-0.25, -0.2) is 4.79 Å². The number of nitriles is 1. The van der Waals surface area contributed by atoms with Crippen LogP contribution in [0.4, 0.5) is 5.69 Å². The quantitative estimate of drug-likeness (QED) is 0.444. The predicted molar refractivity (Wildman–Crippen MR) is 121 cm³/mol. The number of benzene rings is 3. The van der Waals surface area contributed by atoms with Gasteiger partial charge in [-0.05, 0) is 37.3 Å². The topological polar surface area (TPSA) is 123 Å². The van der Waals surface area contributed by atoms with Crippen molar-refractivity contribution in [3.05, 3.63) is 94.5 Å². The molecule has 1 N–H and O–H groups in total. The third kappa shape index (κ3) is 4.40. The lowest BCUT2D eigenvalue weighted by Gasteiger charge is -2.21. The van der Waals surface area contributed by atoms with E-state index in [0.717, 1.165) is 0 Å². The van der Waals surface area contributed by atoms with Crippen molar-refractivity contribution in [3.8, 4) is 11.8 Å². The Morgan fingerprint density at radius 3 is 2.24 bits per heavy atom. The molecular formula is C26H18N2O6. The average Bonchev–Trinajstić information content (AvgIpc) is 2.86. The van der Waals surface area contributed by atoms with Crippen LogP contribution in [0.2, 0.25) is 0 Å². The van der Waals surface area contributed by atoms with Gasteiger partial charge in [0.05, 0.1) is 22.9 Å². The number of rotatable bonds is 6. The van der Waals surface area contributed by atoms with E-state index >= 15 is 0 Å². The van der Waals surface area contributed by atoms with Crippen LogP contribution in [0, 0.1) is 11.3 Å². The zero-order chi connectivity index (χ0) is 24.2. The smallest absolute Gasteiger partial charge is 0.344 e. The second kappa shape index (κ2) is 9.38. The molecule has 34 heavy (non-hydrogen) atoms. The van der Waals surface area contributed by atoms with Crippen molar-refractivity contribution >= 4 is 29.1 Å². The summed E-state index contributed by atoms with van der Waals surface area (Å²) in [7, 11) is 0. The summed E-state index contributed by atoms with van der Waals surface area (Å²) in [6.45, 7) is 0.945. The number of hydrogen-bond donors (Lipinski definition) is 1. The molecule has 8 nitrogen and oxygen atoms in total. The van der Waals surface area contributed by atoms with Crippen molar-refractivity contribution < 1.29 is 28.7 Å². The molecule has 0 bridgehead atoms. The Hall–Kier alpha value is -4.77. The van der Waals surface area contributed by atoms with Crippen molar-refractivity contribution in [1.82, 2.24) is 0 Å². The van der Waals surface area contributed by atoms with Crippen molar-refractivity contribution in [2.45, 2.75) is 13.0 Å². The van der Waals surface area contributed by atoms with Crippen LogP contribution in [-0.2, 0) is 14.3 Å². The summed E-state index contributed by atoms with van der Waals surface area (Å²) < 4.78 is 10.4. The van der Waals surface area contributed by atoms with Crippen LogP contribution >= 0.6 is 0 Å². The zero-order valence-corrected chi connectivity index (χ0v) is 18.0. The third-order valence-corrected chi connectivity index (χ3v) is 5.23. The Morgan fingerprint density at radius 2 is 1.56 bits per heavy atom. The normalized spacial score (nSPS) is 12.6. The van der Waals surface area contributed by atoms with Gasteiger partial charge >= 0.3 is 5.97 Å². The maximum atomic E-state index is 13.0. The maximum Gasteiger partial charge on any atom is 0.344 e. The van der Waals surface area contributed by atoms with Gasteiger partial charge in [0.15, 0.2) is 24.3 Å². The van der Waals surface area contributed by atoms with E-state index in [0.29, 0.717) is 16.9 Å². The number of amides is 1. The molecule has 4 rings (SSSR count). The lowest BCUT2D eigenvalue weighted by molar-refractivity contribution is -0.155. The van der Waals surface area contributed by atoms with Crippen LogP contribution < -0.4 is 10.1 Å². The van der Waals surface area contributed by atoms with E-state index in [1.54, 1.807) is 42.5 Å². The molecular weight excluding hydrogens is 436 g/mol. The molecule has 1 aliphatic carbocycles. The highest BCUT2D eigenvalue weighted by Gasteiger charge is 2.32. The van der Waals surface area contributed by atoms with E-state index in [-0.39, 0.29) is 33.9 Å². The van der Waals surface area contributed by atoms with E-state index in [1.807, 2.05) is 6.07 Å². The molecule has 3 aromatic carbocycles. The van der Waals surface area contributed by atoms with Gasteiger partial charge in [-0.15, -0.1) is 0 Å². The summed E-state index contributed by atoms with van der Waals surface area (Å²) in [6.07, 6.45) is -1.19. The van der Waals surface area contributed by atoms with Crippen molar-refractivity contribution in [2.75, 3.05) is 11.9 Å². The van der Waals surface area contributed by atoms with Gasteiger partial charge in [-0.3, -0.25) is 14.4 Å².